The Hall–Kier alpha value is -1.97. The second kappa shape index (κ2) is 6.50. The number of urea groups is 1. The van der Waals surface area contributed by atoms with E-state index in [1.807, 2.05) is 0 Å². The smallest absolute Gasteiger partial charge is 0.315 e. The van der Waals surface area contributed by atoms with E-state index < -0.39 is 0 Å². The van der Waals surface area contributed by atoms with Crippen molar-refractivity contribution in [2.45, 2.75) is 70.4 Å². The van der Waals surface area contributed by atoms with Gasteiger partial charge in [-0.2, -0.15) is 0 Å². The van der Waals surface area contributed by atoms with Gasteiger partial charge in [-0.15, -0.1) is 0 Å². The number of rotatable bonds is 2. The van der Waals surface area contributed by atoms with E-state index in [9.17, 15) is 4.79 Å². The van der Waals surface area contributed by atoms with Crippen molar-refractivity contribution < 1.29 is 4.79 Å². The van der Waals surface area contributed by atoms with E-state index in [-0.39, 0.29) is 12.1 Å². The highest BCUT2D eigenvalue weighted by molar-refractivity contribution is 5.86. The standard InChI is InChI=1S/C20H27N3O/c1-13-7-9-18-16(11-13)17-12-15(8-10-19(17)23-18)22-20(24)21-14-5-3-2-4-6-14/h7,9,11,14-15,23H,2-6,8,10,12H2,1H3,(H2,21,22,24). The van der Waals surface area contributed by atoms with Gasteiger partial charge in [0, 0.05) is 28.7 Å². The van der Waals surface area contributed by atoms with Crippen molar-refractivity contribution in [3.63, 3.8) is 0 Å². The summed E-state index contributed by atoms with van der Waals surface area (Å²) < 4.78 is 0. The minimum atomic E-state index is 0.0198. The average molecular weight is 325 g/mol. The van der Waals surface area contributed by atoms with Gasteiger partial charge in [0.05, 0.1) is 0 Å². The number of aromatic nitrogens is 1. The van der Waals surface area contributed by atoms with Crippen LogP contribution in [0.4, 0.5) is 4.79 Å². The third-order valence-corrected chi connectivity index (χ3v) is 5.62. The molecule has 0 spiro atoms. The van der Waals surface area contributed by atoms with Crippen LogP contribution in [-0.4, -0.2) is 23.1 Å². The fourth-order valence-electron chi connectivity index (χ4n) is 4.31. The fourth-order valence-corrected chi connectivity index (χ4v) is 4.31. The minimum Gasteiger partial charge on any atom is -0.358 e. The molecule has 24 heavy (non-hydrogen) atoms. The van der Waals surface area contributed by atoms with Crippen LogP contribution >= 0.6 is 0 Å². The van der Waals surface area contributed by atoms with Gasteiger partial charge >= 0.3 is 6.03 Å². The van der Waals surface area contributed by atoms with E-state index in [4.69, 9.17) is 0 Å². The number of H-pyrrole nitrogens is 1. The predicted molar refractivity (Wildman–Crippen MR) is 97.4 cm³/mol. The van der Waals surface area contributed by atoms with Gasteiger partial charge in [0.15, 0.2) is 0 Å². The molecule has 1 aromatic heterocycles. The summed E-state index contributed by atoms with van der Waals surface area (Å²) in [6, 6.07) is 7.20. The highest BCUT2D eigenvalue weighted by Crippen LogP contribution is 2.30. The third kappa shape index (κ3) is 3.14. The fraction of sp³-hybridized carbons (Fsp3) is 0.550. The number of aromatic amines is 1. The first-order chi connectivity index (χ1) is 11.7. The molecule has 1 aromatic carbocycles. The Balaban J connectivity index is 1.43. The summed E-state index contributed by atoms with van der Waals surface area (Å²) in [5, 5.41) is 7.71. The molecule has 3 N–H and O–H groups in total. The summed E-state index contributed by atoms with van der Waals surface area (Å²) >= 11 is 0. The summed E-state index contributed by atoms with van der Waals surface area (Å²) in [6.45, 7) is 2.13. The molecule has 2 aromatic rings. The third-order valence-electron chi connectivity index (χ3n) is 5.62. The lowest BCUT2D eigenvalue weighted by atomic mass is 9.91. The molecule has 1 unspecified atom stereocenters. The zero-order chi connectivity index (χ0) is 16.5. The summed E-state index contributed by atoms with van der Waals surface area (Å²) in [4.78, 5) is 15.9. The number of carbonyl (C=O) groups is 1. The number of fused-ring (bicyclic) bond motifs is 3. The predicted octanol–water partition coefficient (Wildman–Crippen LogP) is 3.97. The largest absolute Gasteiger partial charge is 0.358 e. The summed E-state index contributed by atoms with van der Waals surface area (Å²) in [7, 11) is 0. The van der Waals surface area contributed by atoms with Crippen LogP contribution in [0, 0.1) is 6.92 Å². The van der Waals surface area contributed by atoms with Gasteiger partial charge in [-0.3, -0.25) is 0 Å². The SMILES string of the molecule is Cc1ccc2[nH]c3c(c2c1)CC(NC(=O)NC1CCCCC1)CC3. The lowest BCUT2D eigenvalue weighted by Gasteiger charge is -2.27. The number of benzene rings is 1. The molecule has 2 aliphatic carbocycles. The molecular formula is C20H27N3O. The monoisotopic (exact) mass is 325 g/mol. The lowest BCUT2D eigenvalue weighted by molar-refractivity contribution is 0.227. The second-order valence-corrected chi connectivity index (χ2v) is 7.52. The highest BCUT2D eigenvalue weighted by atomic mass is 16.2. The molecule has 2 amide bonds. The van der Waals surface area contributed by atoms with Crippen molar-refractivity contribution in [2.24, 2.45) is 0 Å². The molecule has 4 nitrogen and oxygen atoms in total. The van der Waals surface area contributed by atoms with Crippen LogP contribution in [0.3, 0.4) is 0 Å². The Kier molecular flexibility index (Phi) is 4.21. The Morgan fingerprint density at radius 2 is 1.88 bits per heavy atom. The van der Waals surface area contributed by atoms with Crippen LogP contribution in [-0.2, 0) is 12.8 Å². The van der Waals surface area contributed by atoms with Gasteiger partial charge in [0.25, 0.3) is 0 Å². The van der Waals surface area contributed by atoms with Gasteiger partial charge < -0.3 is 15.6 Å². The van der Waals surface area contributed by atoms with Crippen LogP contribution in [0.25, 0.3) is 10.9 Å². The maximum atomic E-state index is 12.3. The number of nitrogens with one attached hydrogen (secondary N) is 3. The molecule has 4 rings (SSSR count). The molecule has 1 atom stereocenters. The molecule has 4 heteroatoms. The summed E-state index contributed by atoms with van der Waals surface area (Å²) in [6.07, 6.45) is 9.00. The van der Waals surface area contributed by atoms with Gasteiger partial charge in [-0.25, -0.2) is 4.79 Å². The average Bonchev–Trinajstić information content (AvgIpc) is 2.93. The van der Waals surface area contributed by atoms with Crippen molar-refractivity contribution in [1.82, 2.24) is 15.6 Å². The van der Waals surface area contributed by atoms with E-state index in [0.29, 0.717) is 6.04 Å². The highest BCUT2D eigenvalue weighted by Gasteiger charge is 2.24. The zero-order valence-corrected chi connectivity index (χ0v) is 14.5. The number of aryl methyl sites for hydroxylation is 2. The van der Waals surface area contributed by atoms with Gasteiger partial charge in [-0.05, 0) is 56.7 Å². The van der Waals surface area contributed by atoms with Crippen LogP contribution < -0.4 is 10.6 Å². The van der Waals surface area contributed by atoms with Crippen molar-refractivity contribution >= 4 is 16.9 Å². The molecular weight excluding hydrogens is 298 g/mol. The zero-order valence-electron chi connectivity index (χ0n) is 14.5. The molecule has 0 bridgehead atoms. The lowest BCUT2D eigenvalue weighted by Crippen LogP contribution is -2.48. The van der Waals surface area contributed by atoms with Crippen molar-refractivity contribution in [3.8, 4) is 0 Å². The number of hydrogen-bond donors (Lipinski definition) is 3. The van der Waals surface area contributed by atoms with Crippen LogP contribution in [0.5, 0.6) is 0 Å². The van der Waals surface area contributed by atoms with Crippen LogP contribution in [0.15, 0.2) is 18.2 Å². The number of carbonyl (C=O) groups excluding carboxylic acids is 1. The van der Waals surface area contributed by atoms with E-state index in [2.05, 4.69) is 40.7 Å². The first-order valence-electron chi connectivity index (χ1n) is 9.36. The van der Waals surface area contributed by atoms with Crippen molar-refractivity contribution in [1.29, 1.82) is 0 Å². The van der Waals surface area contributed by atoms with Crippen molar-refractivity contribution in [2.75, 3.05) is 0 Å². The van der Waals surface area contributed by atoms with Crippen LogP contribution in [0.2, 0.25) is 0 Å². The number of amides is 2. The first-order valence-corrected chi connectivity index (χ1v) is 9.36. The van der Waals surface area contributed by atoms with E-state index >= 15 is 0 Å². The Labute approximate surface area is 143 Å². The maximum absolute atomic E-state index is 12.3. The van der Waals surface area contributed by atoms with Gasteiger partial charge in [-0.1, -0.05) is 30.9 Å². The molecule has 0 aliphatic heterocycles. The molecule has 0 radical (unpaired) electrons. The Morgan fingerprint density at radius 3 is 2.71 bits per heavy atom. The van der Waals surface area contributed by atoms with Crippen LogP contribution in [0.1, 0.15) is 55.3 Å². The number of hydrogen-bond acceptors (Lipinski definition) is 1. The van der Waals surface area contributed by atoms with Crippen molar-refractivity contribution in [3.05, 3.63) is 35.0 Å². The van der Waals surface area contributed by atoms with E-state index in [1.54, 1.807) is 0 Å². The summed E-state index contributed by atoms with van der Waals surface area (Å²) in [5.74, 6) is 0. The maximum Gasteiger partial charge on any atom is 0.315 e. The summed E-state index contributed by atoms with van der Waals surface area (Å²) in [5.41, 5.74) is 5.25. The molecule has 1 fully saturated rings. The topological polar surface area (TPSA) is 56.9 Å². The van der Waals surface area contributed by atoms with Gasteiger partial charge in [0.2, 0.25) is 0 Å². The molecule has 2 aliphatic rings. The van der Waals surface area contributed by atoms with E-state index in [0.717, 1.165) is 32.1 Å². The molecule has 0 saturated heterocycles. The second-order valence-electron chi connectivity index (χ2n) is 7.52. The normalized spacial score (nSPS) is 21.5. The minimum absolute atomic E-state index is 0.0198. The Bertz CT molecular complexity index is 743. The molecule has 1 heterocycles. The molecule has 1 saturated carbocycles. The first kappa shape index (κ1) is 15.6. The van der Waals surface area contributed by atoms with Gasteiger partial charge in [0.1, 0.15) is 0 Å². The van der Waals surface area contributed by atoms with E-state index in [1.165, 1.54) is 47.0 Å². The quantitative estimate of drug-likeness (QED) is 0.769. The Morgan fingerprint density at radius 1 is 1.08 bits per heavy atom. The molecule has 128 valence electrons.